The van der Waals surface area contributed by atoms with Gasteiger partial charge in [-0.3, -0.25) is 0 Å². The molecule has 1 heterocycles. The number of nitrogens with one attached hydrogen (secondary N) is 2. The molecule has 17 heavy (non-hydrogen) atoms. The van der Waals surface area contributed by atoms with Crippen molar-refractivity contribution in [1.29, 1.82) is 0 Å². The van der Waals surface area contributed by atoms with Gasteiger partial charge >= 0.3 is 0 Å². The molecular weight excluding hydrogens is 216 g/mol. The van der Waals surface area contributed by atoms with Gasteiger partial charge in [0.25, 0.3) is 0 Å². The second-order valence-corrected chi connectivity index (χ2v) is 4.68. The standard InChI is InChI=1S/C13H28N2O2/c1-4-16-13(17-5-2)10-15-11(3)9-12-7-6-8-14-12/h11-15H,4-10H2,1-3H3. The van der Waals surface area contributed by atoms with Crippen molar-refractivity contribution in [3.8, 4) is 0 Å². The third-order valence-corrected chi connectivity index (χ3v) is 3.14. The van der Waals surface area contributed by atoms with Gasteiger partial charge in [-0.15, -0.1) is 0 Å². The topological polar surface area (TPSA) is 42.5 Å². The van der Waals surface area contributed by atoms with Crippen LogP contribution in [0.25, 0.3) is 0 Å². The molecule has 0 aromatic rings. The normalized spacial score (nSPS) is 22.2. The molecule has 0 saturated carbocycles. The molecule has 1 rings (SSSR count). The predicted octanol–water partition coefficient (Wildman–Crippen LogP) is 1.51. The highest BCUT2D eigenvalue weighted by Gasteiger charge is 2.17. The van der Waals surface area contributed by atoms with E-state index in [1.54, 1.807) is 0 Å². The monoisotopic (exact) mass is 244 g/mol. The van der Waals surface area contributed by atoms with Crippen molar-refractivity contribution in [1.82, 2.24) is 10.6 Å². The van der Waals surface area contributed by atoms with Crippen molar-refractivity contribution >= 4 is 0 Å². The Balaban J connectivity index is 2.13. The van der Waals surface area contributed by atoms with Gasteiger partial charge in [-0.25, -0.2) is 0 Å². The predicted molar refractivity (Wildman–Crippen MR) is 70.1 cm³/mol. The summed E-state index contributed by atoms with van der Waals surface area (Å²) in [6.45, 7) is 9.58. The van der Waals surface area contributed by atoms with E-state index < -0.39 is 0 Å². The first-order valence-corrected chi connectivity index (χ1v) is 6.96. The summed E-state index contributed by atoms with van der Waals surface area (Å²) in [5, 5.41) is 7.01. The molecule has 4 nitrogen and oxygen atoms in total. The van der Waals surface area contributed by atoms with Crippen LogP contribution in [0.5, 0.6) is 0 Å². The highest BCUT2D eigenvalue weighted by atomic mass is 16.7. The van der Waals surface area contributed by atoms with Crippen LogP contribution in [0.3, 0.4) is 0 Å². The Hall–Kier alpha value is -0.160. The minimum absolute atomic E-state index is 0.107. The lowest BCUT2D eigenvalue weighted by Gasteiger charge is -2.22. The van der Waals surface area contributed by atoms with Crippen LogP contribution in [0.2, 0.25) is 0 Å². The van der Waals surface area contributed by atoms with Gasteiger partial charge in [-0.1, -0.05) is 0 Å². The number of rotatable bonds is 9. The van der Waals surface area contributed by atoms with Gasteiger partial charge in [0.05, 0.1) is 0 Å². The van der Waals surface area contributed by atoms with Gasteiger partial charge in [-0.2, -0.15) is 0 Å². The van der Waals surface area contributed by atoms with Crippen LogP contribution >= 0.6 is 0 Å². The first-order chi connectivity index (χ1) is 8.26. The Kier molecular flexibility index (Phi) is 7.77. The van der Waals surface area contributed by atoms with Crippen molar-refractivity contribution in [2.45, 2.75) is 58.4 Å². The second-order valence-electron chi connectivity index (χ2n) is 4.68. The highest BCUT2D eigenvalue weighted by Crippen LogP contribution is 2.10. The quantitative estimate of drug-likeness (QED) is 0.603. The summed E-state index contributed by atoms with van der Waals surface area (Å²) in [6.07, 6.45) is 3.71. The van der Waals surface area contributed by atoms with Crippen molar-refractivity contribution in [3.63, 3.8) is 0 Å². The molecule has 2 atom stereocenters. The van der Waals surface area contributed by atoms with Crippen LogP contribution in [0.4, 0.5) is 0 Å². The average Bonchev–Trinajstić information content (AvgIpc) is 2.79. The van der Waals surface area contributed by atoms with E-state index in [-0.39, 0.29) is 6.29 Å². The SMILES string of the molecule is CCOC(CNC(C)CC1CCCN1)OCC. The Morgan fingerprint density at radius 1 is 1.29 bits per heavy atom. The van der Waals surface area contributed by atoms with Gasteiger partial charge in [0.2, 0.25) is 0 Å². The molecule has 0 aromatic carbocycles. The van der Waals surface area contributed by atoms with Crippen LogP contribution in [-0.2, 0) is 9.47 Å². The van der Waals surface area contributed by atoms with E-state index in [2.05, 4.69) is 17.6 Å². The molecule has 0 radical (unpaired) electrons. The van der Waals surface area contributed by atoms with E-state index in [1.807, 2.05) is 13.8 Å². The van der Waals surface area contributed by atoms with E-state index in [0.29, 0.717) is 25.3 Å². The zero-order chi connectivity index (χ0) is 12.5. The minimum atomic E-state index is -0.107. The highest BCUT2D eigenvalue weighted by molar-refractivity contribution is 4.78. The third-order valence-electron chi connectivity index (χ3n) is 3.14. The molecule has 0 aliphatic carbocycles. The Morgan fingerprint density at radius 2 is 2.00 bits per heavy atom. The van der Waals surface area contributed by atoms with Gasteiger partial charge in [0.15, 0.2) is 6.29 Å². The van der Waals surface area contributed by atoms with Crippen molar-refractivity contribution < 1.29 is 9.47 Å². The summed E-state index contributed by atoms with van der Waals surface area (Å²) in [5.74, 6) is 0. The molecule has 2 N–H and O–H groups in total. The van der Waals surface area contributed by atoms with Crippen LogP contribution in [-0.4, -0.2) is 44.7 Å². The number of hydrogen-bond acceptors (Lipinski definition) is 4. The minimum Gasteiger partial charge on any atom is -0.352 e. The number of ether oxygens (including phenoxy) is 2. The summed E-state index contributed by atoms with van der Waals surface area (Å²) in [4.78, 5) is 0. The fourth-order valence-electron chi connectivity index (χ4n) is 2.30. The Labute approximate surface area is 105 Å². The van der Waals surface area contributed by atoms with E-state index in [9.17, 15) is 0 Å². The third kappa shape index (κ3) is 6.36. The van der Waals surface area contributed by atoms with Gasteiger partial charge in [-0.05, 0) is 46.6 Å². The lowest BCUT2D eigenvalue weighted by Crippen LogP contribution is -2.39. The summed E-state index contributed by atoms with van der Waals surface area (Å²) >= 11 is 0. The molecule has 0 spiro atoms. The molecule has 1 aliphatic heterocycles. The van der Waals surface area contributed by atoms with Crippen LogP contribution in [0.1, 0.15) is 40.0 Å². The van der Waals surface area contributed by atoms with Gasteiger partial charge in [0, 0.05) is 31.8 Å². The molecule has 1 saturated heterocycles. The number of hydrogen-bond donors (Lipinski definition) is 2. The van der Waals surface area contributed by atoms with Crippen LogP contribution < -0.4 is 10.6 Å². The largest absolute Gasteiger partial charge is 0.352 e. The summed E-state index contributed by atoms with van der Waals surface area (Å²) in [7, 11) is 0. The van der Waals surface area contributed by atoms with Gasteiger partial charge in [0.1, 0.15) is 0 Å². The van der Waals surface area contributed by atoms with Crippen molar-refractivity contribution in [3.05, 3.63) is 0 Å². The maximum absolute atomic E-state index is 5.50. The zero-order valence-corrected chi connectivity index (χ0v) is 11.5. The fraction of sp³-hybridized carbons (Fsp3) is 1.00. The molecular formula is C13H28N2O2. The lowest BCUT2D eigenvalue weighted by atomic mass is 10.1. The van der Waals surface area contributed by atoms with E-state index in [1.165, 1.54) is 25.8 Å². The van der Waals surface area contributed by atoms with E-state index in [0.717, 1.165) is 6.54 Å². The zero-order valence-electron chi connectivity index (χ0n) is 11.5. The molecule has 0 bridgehead atoms. The van der Waals surface area contributed by atoms with E-state index in [4.69, 9.17) is 9.47 Å². The average molecular weight is 244 g/mol. The van der Waals surface area contributed by atoms with Crippen molar-refractivity contribution in [2.24, 2.45) is 0 Å². The molecule has 2 unspecified atom stereocenters. The molecule has 1 aliphatic rings. The first-order valence-electron chi connectivity index (χ1n) is 6.96. The summed E-state index contributed by atoms with van der Waals surface area (Å²) in [6, 6.07) is 1.20. The molecule has 1 fully saturated rings. The van der Waals surface area contributed by atoms with Crippen LogP contribution in [0.15, 0.2) is 0 Å². The Bertz CT molecular complexity index is 178. The maximum Gasteiger partial charge on any atom is 0.169 e. The molecule has 0 amide bonds. The van der Waals surface area contributed by atoms with E-state index >= 15 is 0 Å². The van der Waals surface area contributed by atoms with Gasteiger partial charge < -0.3 is 20.1 Å². The maximum atomic E-state index is 5.50. The lowest BCUT2D eigenvalue weighted by molar-refractivity contribution is -0.133. The van der Waals surface area contributed by atoms with Crippen molar-refractivity contribution in [2.75, 3.05) is 26.3 Å². The Morgan fingerprint density at radius 3 is 2.53 bits per heavy atom. The molecule has 102 valence electrons. The molecule has 4 heteroatoms. The summed E-state index contributed by atoms with van der Waals surface area (Å²) < 4.78 is 11.0. The van der Waals surface area contributed by atoms with Crippen LogP contribution in [0, 0.1) is 0 Å². The molecule has 0 aromatic heterocycles. The smallest absolute Gasteiger partial charge is 0.169 e. The second kappa shape index (κ2) is 8.86. The fourth-order valence-corrected chi connectivity index (χ4v) is 2.30. The first kappa shape index (κ1) is 14.9. The summed E-state index contributed by atoms with van der Waals surface area (Å²) in [5.41, 5.74) is 0.